The van der Waals surface area contributed by atoms with Gasteiger partial charge in [0.25, 0.3) is 0 Å². The van der Waals surface area contributed by atoms with E-state index in [1.165, 1.54) is 0 Å². The lowest BCUT2D eigenvalue weighted by Crippen LogP contribution is -2.09. The van der Waals surface area contributed by atoms with Gasteiger partial charge in [-0.25, -0.2) is 4.39 Å². The molecule has 0 aliphatic carbocycles. The van der Waals surface area contributed by atoms with Gasteiger partial charge in [0.15, 0.2) is 0 Å². The minimum Gasteiger partial charge on any atom is -0.207 e. The van der Waals surface area contributed by atoms with Crippen LogP contribution in [-0.4, -0.2) is 0 Å². The summed E-state index contributed by atoms with van der Waals surface area (Å²) in [5, 5.41) is 0. The van der Waals surface area contributed by atoms with Gasteiger partial charge in [-0.1, -0.05) is 6.07 Å². The van der Waals surface area contributed by atoms with E-state index in [0.717, 1.165) is 12.1 Å². The summed E-state index contributed by atoms with van der Waals surface area (Å²) in [4.78, 5) is 0. The van der Waals surface area contributed by atoms with Crippen molar-refractivity contribution in [2.24, 2.45) is 0 Å². The zero-order chi connectivity index (χ0) is 11.5. The number of terminal acetylenes is 1. The Morgan fingerprint density at radius 2 is 1.93 bits per heavy atom. The highest BCUT2D eigenvalue weighted by atomic mass is 19.4. The molecule has 0 nitrogen and oxygen atoms in total. The average Bonchev–Trinajstić information content (AvgIpc) is 2.14. The van der Waals surface area contributed by atoms with Gasteiger partial charge in [0, 0.05) is 6.42 Å². The van der Waals surface area contributed by atoms with Crippen molar-refractivity contribution in [3.05, 3.63) is 35.1 Å². The van der Waals surface area contributed by atoms with E-state index in [1.807, 2.05) is 0 Å². The van der Waals surface area contributed by atoms with Crippen LogP contribution in [0.25, 0.3) is 0 Å². The number of rotatable bonds is 2. The Hall–Kier alpha value is -1.50. The normalized spacial score (nSPS) is 11.1. The van der Waals surface area contributed by atoms with E-state index < -0.39 is 17.6 Å². The van der Waals surface area contributed by atoms with Crippen molar-refractivity contribution in [2.75, 3.05) is 0 Å². The number of hydrogen-bond donors (Lipinski definition) is 0. The van der Waals surface area contributed by atoms with Crippen LogP contribution < -0.4 is 0 Å². The first-order valence-electron chi connectivity index (χ1n) is 4.24. The minimum absolute atomic E-state index is 0.0295. The molecule has 0 aliphatic heterocycles. The maximum atomic E-state index is 12.7. The van der Waals surface area contributed by atoms with Crippen molar-refractivity contribution in [1.29, 1.82) is 0 Å². The summed E-state index contributed by atoms with van der Waals surface area (Å²) < 4.78 is 50.0. The van der Waals surface area contributed by atoms with E-state index in [4.69, 9.17) is 6.42 Å². The molecule has 0 fully saturated rings. The van der Waals surface area contributed by atoms with Gasteiger partial charge in [-0.2, -0.15) is 13.2 Å². The fraction of sp³-hybridized carbons (Fsp3) is 0.273. The Balaban J connectivity index is 3.10. The van der Waals surface area contributed by atoms with Gasteiger partial charge in [0.2, 0.25) is 0 Å². The lowest BCUT2D eigenvalue weighted by Gasteiger charge is -2.11. The first-order valence-corrected chi connectivity index (χ1v) is 4.24. The molecule has 1 rings (SSSR count). The standard InChI is InChI=1S/C11H8F4/c1-2-3-4-8-5-6-9(12)7-10(8)11(13,14)15/h1,5-7H,3-4H2. The zero-order valence-corrected chi connectivity index (χ0v) is 7.74. The van der Waals surface area contributed by atoms with Crippen LogP contribution in [0.1, 0.15) is 17.5 Å². The smallest absolute Gasteiger partial charge is 0.207 e. The molecule has 1 aromatic rings. The summed E-state index contributed by atoms with van der Waals surface area (Å²) in [5.41, 5.74) is -0.917. The van der Waals surface area contributed by atoms with Gasteiger partial charge in [0.05, 0.1) is 5.56 Å². The third kappa shape index (κ3) is 2.98. The maximum Gasteiger partial charge on any atom is 0.416 e. The topological polar surface area (TPSA) is 0 Å². The van der Waals surface area contributed by atoms with Gasteiger partial charge in [-0.3, -0.25) is 0 Å². The molecule has 0 radical (unpaired) electrons. The second-order valence-corrected chi connectivity index (χ2v) is 3.00. The minimum atomic E-state index is -4.54. The van der Waals surface area contributed by atoms with Crippen molar-refractivity contribution in [3.63, 3.8) is 0 Å². The zero-order valence-electron chi connectivity index (χ0n) is 7.74. The van der Waals surface area contributed by atoms with E-state index in [-0.39, 0.29) is 18.4 Å². The molecule has 80 valence electrons. The number of hydrogen-bond acceptors (Lipinski definition) is 0. The van der Waals surface area contributed by atoms with Gasteiger partial charge in [-0.15, -0.1) is 12.3 Å². The highest BCUT2D eigenvalue weighted by Crippen LogP contribution is 2.32. The summed E-state index contributed by atoms with van der Waals surface area (Å²) in [6.07, 6.45) is 0.730. The van der Waals surface area contributed by atoms with Crippen molar-refractivity contribution in [2.45, 2.75) is 19.0 Å². The third-order valence-electron chi connectivity index (χ3n) is 1.92. The van der Waals surface area contributed by atoms with Gasteiger partial charge in [-0.05, 0) is 24.1 Å². The summed E-state index contributed by atoms with van der Waals surface area (Å²) in [6.45, 7) is 0. The molecule has 15 heavy (non-hydrogen) atoms. The largest absolute Gasteiger partial charge is 0.416 e. The predicted molar refractivity (Wildman–Crippen MR) is 48.6 cm³/mol. The summed E-state index contributed by atoms with van der Waals surface area (Å²) >= 11 is 0. The Labute approximate surface area is 84.9 Å². The lowest BCUT2D eigenvalue weighted by molar-refractivity contribution is -0.138. The van der Waals surface area contributed by atoms with Crippen molar-refractivity contribution in [1.82, 2.24) is 0 Å². The van der Waals surface area contributed by atoms with Crippen LogP contribution in [0.2, 0.25) is 0 Å². The molecule has 0 atom stereocenters. The molecule has 0 aromatic heterocycles. The lowest BCUT2D eigenvalue weighted by atomic mass is 10.0. The number of halogens is 4. The van der Waals surface area contributed by atoms with Crippen LogP contribution >= 0.6 is 0 Å². The molecular weight excluding hydrogens is 208 g/mol. The summed E-state index contributed by atoms with van der Waals surface area (Å²) in [7, 11) is 0. The summed E-state index contributed by atoms with van der Waals surface area (Å²) in [6, 6.07) is 2.61. The van der Waals surface area contributed by atoms with Crippen LogP contribution in [-0.2, 0) is 12.6 Å². The second-order valence-electron chi connectivity index (χ2n) is 3.00. The van der Waals surface area contributed by atoms with Crippen LogP contribution in [0.5, 0.6) is 0 Å². The number of aryl methyl sites for hydroxylation is 1. The van der Waals surface area contributed by atoms with Crippen molar-refractivity contribution in [3.8, 4) is 12.3 Å². The molecule has 4 heteroatoms. The average molecular weight is 216 g/mol. The van der Waals surface area contributed by atoms with Crippen LogP contribution in [0, 0.1) is 18.2 Å². The SMILES string of the molecule is C#CCCc1ccc(F)cc1C(F)(F)F. The van der Waals surface area contributed by atoms with E-state index in [1.54, 1.807) is 0 Å². The van der Waals surface area contributed by atoms with Crippen LogP contribution in [0.3, 0.4) is 0 Å². The van der Waals surface area contributed by atoms with Crippen molar-refractivity contribution >= 4 is 0 Å². The van der Waals surface area contributed by atoms with Crippen molar-refractivity contribution < 1.29 is 17.6 Å². The van der Waals surface area contributed by atoms with E-state index in [9.17, 15) is 17.6 Å². The Bertz CT molecular complexity index is 385. The van der Waals surface area contributed by atoms with Crippen LogP contribution in [0.4, 0.5) is 17.6 Å². The molecule has 0 heterocycles. The number of benzene rings is 1. The molecule has 0 spiro atoms. The van der Waals surface area contributed by atoms with Crippen LogP contribution in [0.15, 0.2) is 18.2 Å². The van der Waals surface area contributed by atoms with E-state index in [2.05, 4.69) is 5.92 Å². The Morgan fingerprint density at radius 3 is 2.47 bits per heavy atom. The third-order valence-corrected chi connectivity index (χ3v) is 1.92. The molecule has 0 amide bonds. The first kappa shape index (κ1) is 11.6. The van der Waals surface area contributed by atoms with E-state index >= 15 is 0 Å². The fourth-order valence-corrected chi connectivity index (χ4v) is 1.24. The first-order chi connectivity index (χ1) is 6.95. The summed E-state index contributed by atoms with van der Waals surface area (Å²) in [5.74, 6) is 1.35. The number of alkyl halides is 3. The monoisotopic (exact) mass is 216 g/mol. The quantitative estimate of drug-likeness (QED) is 0.525. The molecule has 0 bridgehead atoms. The molecule has 1 aromatic carbocycles. The predicted octanol–water partition coefficient (Wildman–Crippen LogP) is 3.41. The van der Waals surface area contributed by atoms with Gasteiger partial charge >= 0.3 is 6.18 Å². The molecule has 0 aliphatic rings. The molecule has 0 saturated heterocycles. The molecule has 0 unspecified atom stereocenters. The molecular formula is C11H8F4. The maximum absolute atomic E-state index is 12.7. The van der Waals surface area contributed by atoms with Gasteiger partial charge < -0.3 is 0 Å². The Kier molecular flexibility index (Phi) is 3.35. The molecule has 0 N–H and O–H groups in total. The second kappa shape index (κ2) is 4.35. The highest BCUT2D eigenvalue weighted by Gasteiger charge is 2.33. The van der Waals surface area contributed by atoms with Gasteiger partial charge in [0.1, 0.15) is 5.82 Å². The van der Waals surface area contributed by atoms with E-state index in [0.29, 0.717) is 6.07 Å². The molecule has 0 saturated carbocycles. The fourth-order valence-electron chi connectivity index (χ4n) is 1.24. The highest BCUT2D eigenvalue weighted by molar-refractivity contribution is 5.31. The Morgan fingerprint density at radius 1 is 1.27 bits per heavy atom.